The molecule has 0 N–H and O–H groups in total. The number of pyridine rings is 3. The summed E-state index contributed by atoms with van der Waals surface area (Å²) in [5.41, 5.74) is 17.1. The van der Waals surface area contributed by atoms with Gasteiger partial charge in [0.15, 0.2) is 12.4 Å². The minimum atomic E-state index is -0.140. The third-order valence-electron chi connectivity index (χ3n) is 22.7. The van der Waals surface area contributed by atoms with Gasteiger partial charge in [-0.1, -0.05) is 217 Å². The van der Waals surface area contributed by atoms with Gasteiger partial charge >= 0.3 is 0 Å². The molecule has 3 aliphatic heterocycles. The largest absolute Gasteiger partial charge is 0.435 e. The molecule has 6 heteroatoms. The molecule has 23 rings (SSSR count). The van der Waals surface area contributed by atoms with E-state index in [1.54, 1.807) is 0 Å². The third kappa shape index (κ3) is 7.00. The highest BCUT2D eigenvalue weighted by atomic mass is 16.5. The predicted octanol–water partition coefficient (Wildman–Crippen LogP) is 20.6. The van der Waals surface area contributed by atoms with Gasteiger partial charge in [-0.3, -0.25) is 0 Å². The van der Waals surface area contributed by atoms with Crippen LogP contribution >= 0.6 is 0 Å². The van der Waals surface area contributed by atoms with Crippen LogP contribution in [0.3, 0.4) is 0 Å². The highest BCUT2D eigenvalue weighted by molar-refractivity contribution is 6.17. The van der Waals surface area contributed by atoms with Crippen LogP contribution in [0.4, 0.5) is 0 Å². The zero-order chi connectivity index (χ0) is 63.1. The standard InChI is InChI=1S/2C31H22NO.C27H20NO/c1-31(2)25-15-24-21-10-6-4-8-19(21)12-14-26(24)32-17-33-27-16-23-20-9-5-3-7-18(20)11-13-22(23)29(31)28(27)30(25)32;1-31(2)28-23-12-11-18-7-5-6-10-22(18)25(23)15-26-27(28)30-29(31)24-14-20-9-4-3-8-19(20)13-21(24)16-32(30)17-33-26;1-27(2)24-20-12-11-16-7-3-5-9-18(16)21(20)13-22-23(24)26-25(27)19-10-6-4-8-17(19)14-28(26)15-29-22/h2*3-16H,17H2,1-2H3;3-14H,15H2,1-2H3/q3*+1. The van der Waals surface area contributed by atoms with Crippen molar-refractivity contribution in [1.29, 1.82) is 0 Å². The Bertz CT molecular complexity index is 6380. The number of hydrogen-bond donors (Lipinski definition) is 0. The van der Waals surface area contributed by atoms with Crippen molar-refractivity contribution >= 4 is 119 Å². The van der Waals surface area contributed by atoms with Gasteiger partial charge in [0.1, 0.15) is 17.2 Å². The van der Waals surface area contributed by atoms with Crippen molar-refractivity contribution in [1.82, 2.24) is 0 Å². The van der Waals surface area contributed by atoms with Crippen molar-refractivity contribution in [3.8, 4) is 51.0 Å². The van der Waals surface area contributed by atoms with Crippen molar-refractivity contribution < 1.29 is 27.9 Å². The topological polar surface area (TPSA) is 39.3 Å². The average Bonchev–Trinajstić information content (AvgIpc) is 1.55. The highest BCUT2D eigenvalue weighted by Crippen LogP contribution is 2.60. The Kier molecular flexibility index (Phi) is 10.4. The zero-order valence-electron chi connectivity index (χ0n) is 53.8. The van der Waals surface area contributed by atoms with E-state index in [1.165, 1.54) is 186 Å². The van der Waals surface area contributed by atoms with Gasteiger partial charge in [-0.05, 0) is 162 Å². The first-order valence-corrected chi connectivity index (χ1v) is 33.5. The highest BCUT2D eigenvalue weighted by Gasteiger charge is 2.51. The van der Waals surface area contributed by atoms with E-state index >= 15 is 0 Å². The summed E-state index contributed by atoms with van der Waals surface area (Å²) in [6.45, 7) is 15.9. The van der Waals surface area contributed by atoms with E-state index in [9.17, 15) is 0 Å². The van der Waals surface area contributed by atoms with Crippen LogP contribution in [0.15, 0.2) is 243 Å². The predicted molar refractivity (Wildman–Crippen MR) is 387 cm³/mol. The molecule has 0 radical (unpaired) electrons. The fourth-order valence-electron chi connectivity index (χ4n) is 18.6. The zero-order valence-corrected chi connectivity index (χ0v) is 53.8. The lowest BCUT2D eigenvalue weighted by molar-refractivity contribution is -0.716. The second-order valence-electron chi connectivity index (χ2n) is 28.8. The molecule has 17 aromatic rings. The summed E-state index contributed by atoms with van der Waals surface area (Å²) < 4.78 is 26.2. The van der Waals surface area contributed by atoms with Gasteiger partial charge in [-0.25, -0.2) is 0 Å². The van der Waals surface area contributed by atoms with Crippen molar-refractivity contribution in [2.24, 2.45) is 0 Å². The molecule has 0 amide bonds. The van der Waals surface area contributed by atoms with E-state index in [4.69, 9.17) is 14.2 Å². The van der Waals surface area contributed by atoms with E-state index in [-0.39, 0.29) is 16.2 Å². The summed E-state index contributed by atoms with van der Waals surface area (Å²) in [6, 6.07) is 84.3. The molecule has 3 aromatic heterocycles. The summed E-state index contributed by atoms with van der Waals surface area (Å²) >= 11 is 0. The monoisotopic (exact) mass is 1220 g/mol. The van der Waals surface area contributed by atoms with Gasteiger partial charge in [0, 0.05) is 49.8 Å². The Balaban J connectivity index is 0.0000000952. The number of ether oxygens (including phenoxy) is 3. The van der Waals surface area contributed by atoms with Crippen LogP contribution in [-0.4, -0.2) is 0 Å². The molecule has 0 atom stereocenters. The maximum Gasteiger partial charge on any atom is 0.293 e. The summed E-state index contributed by atoms with van der Waals surface area (Å²) in [4.78, 5) is 0. The molecule has 0 saturated carbocycles. The number of nitrogens with zero attached hydrogens (tertiary/aromatic N) is 3. The molecule has 0 fully saturated rings. The fourth-order valence-corrected chi connectivity index (χ4v) is 18.6. The van der Waals surface area contributed by atoms with Crippen LogP contribution in [0.2, 0.25) is 0 Å². The second-order valence-corrected chi connectivity index (χ2v) is 28.8. The van der Waals surface area contributed by atoms with Gasteiger partial charge in [-0.2, -0.15) is 13.7 Å². The average molecular weight is 1220 g/mol. The molecule has 14 aromatic carbocycles. The van der Waals surface area contributed by atoms with Crippen LogP contribution in [-0.2, 0) is 36.4 Å². The molecule has 0 spiro atoms. The summed E-state index contributed by atoms with van der Waals surface area (Å²) in [5, 5.41) is 27.2. The van der Waals surface area contributed by atoms with Crippen LogP contribution in [0.1, 0.15) is 74.9 Å². The first-order chi connectivity index (χ1) is 46.4. The first-order valence-electron chi connectivity index (χ1n) is 33.5. The van der Waals surface area contributed by atoms with E-state index in [1.807, 2.05) is 0 Å². The SMILES string of the molecule is CC1(C)c2c3[n+](cc4cc5ccccc5cc24)COc2cc4c(ccc5ccccc54)c1c2-3.CC1(C)c2c3[n+](cc4ccccc24)COc2cc4c(ccc5ccccc54)c1c2-3.CC1(C)c2cc3c4ccccc4ccc3[n+]3c2-c2c(cc4c(ccc5ccccc54)c21)OC3. The maximum absolute atomic E-state index is 6.50. The van der Waals surface area contributed by atoms with Crippen molar-refractivity contribution in [3.63, 3.8) is 0 Å². The van der Waals surface area contributed by atoms with Crippen molar-refractivity contribution in [2.45, 2.75) is 78.0 Å². The molecule has 450 valence electrons. The van der Waals surface area contributed by atoms with Crippen molar-refractivity contribution in [3.05, 3.63) is 276 Å². The molecule has 6 nitrogen and oxygen atoms in total. The van der Waals surface area contributed by atoms with Crippen molar-refractivity contribution in [2.75, 3.05) is 0 Å². The molecular weight excluding hydrogens is 1160 g/mol. The molecule has 3 aliphatic carbocycles. The van der Waals surface area contributed by atoms with E-state index < -0.39 is 0 Å². The summed E-state index contributed by atoms with van der Waals surface area (Å²) in [6.07, 6.45) is 4.52. The number of benzene rings is 14. The van der Waals surface area contributed by atoms with Gasteiger partial charge in [0.25, 0.3) is 20.2 Å². The van der Waals surface area contributed by atoms with E-state index in [0.29, 0.717) is 20.2 Å². The van der Waals surface area contributed by atoms with Crippen LogP contribution in [0.25, 0.3) is 152 Å². The molecule has 6 heterocycles. The Morgan fingerprint density at radius 2 is 0.642 bits per heavy atom. The maximum atomic E-state index is 6.50. The van der Waals surface area contributed by atoms with Crippen LogP contribution in [0.5, 0.6) is 17.2 Å². The van der Waals surface area contributed by atoms with Crippen LogP contribution in [0, 0.1) is 0 Å². The van der Waals surface area contributed by atoms with Gasteiger partial charge in [0.2, 0.25) is 22.6 Å². The summed E-state index contributed by atoms with van der Waals surface area (Å²) in [5.74, 6) is 3.05. The lowest BCUT2D eigenvalue weighted by atomic mass is 9.78. The van der Waals surface area contributed by atoms with E-state index in [2.05, 4.69) is 298 Å². The number of hydrogen-bond acceptors (Lipinski definition) is 3. The Hall–Kier alpha value is -11.2. The number of aromatic nitrogens is 3. The van der Waals surface area contributed by atoms with Gasteiger partial charge < -0.3 is 14.2 Å². The van der Waals surface area contributed by atoms with E-state index in [0.717, 1.165) is 17.2 Å². The molecule has 0 bridgehead atoms. The Morgan fingerprint density at radius 1 is 0.263 bits per heavy atom. The Labute approximate surface area is 548 Å². The third-order valence-corrected chi connectivity index (χ3v) is 22.7. The van der Waals surface area contributed by atoms with Gasteiger partial charge in [-0.15, -0.1) is 0 Å². The first kappa shape index (κ1) is 53.3. The molecule has 0 unspecified atom stereocenters. The fraction of sp³-hybridized carbons (Fsp3) is 0.135. The minimum Gasteiger partial charge on any atom is -0.435 e. The lowest BCUT2D eigenvalue weighted by Gasteiger charge is -2.23. The quantitative estimate of drug-likeness (QED) is 0.0863. The number of fused-ring (bicyclic) bond motifs is 21. The second kappa shape index (κ2) is 18.5. The molecule has 0 saturated heterocycles. The Morgan fingerprint density at radius 3 is 1.15 bits per heavy atom. The molecule has 95 heavy (non-hydrogen) atoms. The molecule has 6 aliphatic rings. The smallest absolute Gasteiger partial charge is 0.293 e. The lowest BCUT2D eigenvalue weighted by Crippen LogP contribution is -2.42. The minimum absolute atomic E-state index is 0.0995. The normalized spacial score (nSPS) is 15.4. The van der Waals surface area contributed by atoms with Gasteiger partial charge in [0.05, 0.1) is 22.1 Å². The number of rotatable bonds is 0. The summed E-state index contributed by atoms with van der Waals surface area (Å²) in [7, 11) is 0. The molecular formula is C89H64N3O3+3. The van der Waals surface area contributed by atoms with Crippen LogP contribution < -0.4 is 27.9 Å².